The summed E-state index contributed by atoms with van der Waals surface area (Å²) in [6.07, 6.45) is 1.39. The highest BCUT2D eigenvalue weighted by Crippen LogP contribution is 2.33. The Labute approximate surface area is 229 Å². The minimum Gasteiger partial charge on any atom is -0.483 e. The summed E-state index contributed by atoms with van der Waals surface area (Å²) in [5, 5.41) is 11.0. The lowest BCUT2D eigenvalue weighted by atomic mass is 9.95. The van der Waals surface area contributed by atoms with Crippen LogP contribution in [0, 0.1) is 0 Å². The number of ether oxygens (including phenoxy) is 2. The zero-order valence-corrected chi connectivity index (χ0v) is 22.2. The largest absolute Gasteiger partial charge is 0.483 e. The number of halogens is 1. The van der Waals surface area contributed by atoms with Gasteiger partial charge < -0.3 is 24.5 Å². The van der Waals surface area contributed by atoms with Crippen molar-refractivity contribution < 1.29 is 23.5 Å². The van der Waals surface area contributed by atoms with Gasteiger partial charge >= 0.3 is 5.97 Å². The van der Waals surface area contributed by atoms with Crippen LogP contribution in [-0.4, -0.2) is 36.4 Å². The molecule has 0 aliphatic carbocycles. The van der Waals surface area contributed by atoms with E-state index in [9.17, 15) is 9.59 Å². The number of thiocarbonyl (C=S) groups is 1. The highest BCUT2D eigenvalue weighted by molar-refractivity contribution is 7.80. The van der Waals surface area contributed by atoms with E-state index >= 15 is 0 Å². The van der Waals surface area contributed by atoms with Crippen molar-refractivity contribution in [2.45, 2.75) is 19.9 Å². The molecule has 3 N–H and O–H groups in total. The first-order chi connectivity index (χ1) is 18.4. The number of rotatable bonds is 9. The van der Waals surface area contributed by atoms with Gasteiger partial charge in [-0.25, -0.2) is 10.2 Å². The predicted octanol–water partition coefficient (Wildman–Crippen LogP) is 4.49. The zero-order valence-electron chi connectivity index (χ0n) is 20.6. The average molecular weight is 553 g/mol. The first-order valence-corrected chi connectivity index (χ1v) is 12.5. The Morgan fingerprint density at radius 3 is 2.68 bits per heavy atom. The number of hydrogen-bond acceptors (Lipinski definition) is 7. The number of hydrazone groups is 1. The molecule has 1 amide bonds. The van der Waals surface area contributed by atoms with E-state index in [-0.39, 0.29) is 13.2 Å². The number of para-hydroxylation sites is 1. The molecule has 11 heteroatoms. The molecule has 1 aromatic heterocycles. The summed E-state index contributed by atoms with van der Waals surface area (Å²) >= 11 is 11.2. The van der Waals surface area contributed by atoms with E-state index in [0.29, 0.717) is 44.2 Å². The van der Waals surface area contributed by atoms with Crippen LogP contribution in [0.4, 0.5) is 0 Å². The van der Waals surface area contributed by atoms with Gasteiger partial charge in [0.15, 0.2) is 11.7 Å². The Kier molecular flexibility index (Phi) is 8.77. The number of carbonyl (C=O) groups excluding carboxylic acids is 2. The predicted molar refractivity (Wildman–Crippen MR) is 148 cm³/mol. The van der Waals surface area contributed by atoms with Gasteiger partial charge in [0.05, 0.1) is 24.4 Å². The molecule has 38 heavy (non-hydrogen) atoms. The van der Waals surface area contributed by atoms with Gasteiger partial charge in [0, 0.05) is 21.8 Å². The van der Waals surface area contributed by atoms with Crippen molar-refractivity contribution in [1.82, 2.24) is 16.1 Å². The maximum Gasteiger partial charge on any atom is 0.338 e. The second-order valence-corrected chi connectivity index (χ2v) is 8.96. The summed E-state index contributed by atoms with van der Waals surface area (Å²) in [5.74, 6) is 0.556. The average Bonchev–Trinajstić information content (AvgIpc) is 3.36. The molecule has 0 saturated heterocycles. The molecule has 1 aliphatic heterocycles. The van der Waals surface area contributed by atoms with Crippen LogP contribution in [-0.2, 0) is 14.3 Å². The Morgan fingerprint density at radius 2 is 1.92 bits per heavy atom. The van der Waals surface area contributed by atoms with Gasteiger partial charge in [-0.3, -0.25) is 4.79 Å². The second kappa shape index (κ2) is 12.4. The minimum absolute atomic E-state index is 0.228. The fraction of sp³-hybridized carbons (Fsp3) is 0.185. The standard InChI is InChI=1S/C27H25ClN4O5S/c1-3-35-26(34)24-16(2)30-27(38)31-25(24)20-6-4-5-7-22(20)36-15-23(33)32-29-14-19-12-13-21(37-19)17-8-10-18(28)11-9-17/h4-14,25H,3,15H2,1-2H3,(H,32,33)(H2,30,31,38)/t25-/m0/s1. The Hall–Kier alpha value is -4.15. The number of allylic oxidation sites excluding steroid dienone is 1. The molecule has 9 nitrogen and oxygen atoms in total. The number of hydrogen-bond donors (Lipinski definition) is 3. The third kappa shape index (κ3) is 6.58. The molecule has 2 heterocycles. The van der Waals surface area contributed by atoms with E-state index in [1.807, 2.05) is 12.1 Å². The quantitative estimate of drug-likeness (QED) is 0.154. The van der Waals surface area contributed by atoms with Crippen LogP contribution in [0.1, 0.15) is 31.2 Å². The Bertz CT molecular complexity index is 1400. The van der Waals surface area contributed by atoms with Gasteiger partial charge in [-0.1, -0.05) is 29.8 Å². The molecular formula is C27H25ClN4O5S. The Balaban J connectivity index is 1.40. The van der Waals surface area contributed by atoms with Gasteiger partial charge in [-0.2, -0.15) is 5.10 Å². The number of benzene rings is 2. The second-order valence-electron chi connectivity index (χ2n) is 8.12. The van der Waals surface area contributed by atoms with Crippen LogP contribution >= 0.6 is 23.8 Å². The molecule has 1 atom stereocenters. The first kappa shape index (κ1) is 26.9. The third-order valence-corrected chi connectivity index (χ3v) is 5.96. The van der Waals surface area contributed by atoms with Crippen molar-refractivity contribution in [3.8, 4) is 17.1 Å². The minimum atomic E-state index is -0.617. The lowest BCUT2D eigenvalue weighted by Gasteiger charge is -2.30. The van der Waals surface area contributed by atoms with Crippen molar-refractivity contribution >= 4 is 47.0 Å². The normalized spacial score (nSPS) is 15.1. The molecule has 0 radical (unpaired) electrons. The molecule has 0 bridgehead atoms. The number of carbonyl (C=O) groups is 2. The molecule has 0 fully saturated rings. The first-order valence-electron chi connectivity index (χ1n) is 11.7. The molecule has 196 valence electrons. The summed E-state index contributed by atoms with van der Waals surface area (Å²) in [5.41, 5.74) is 4.86. The van der Waals surface area contributed by atoms with Crippen LogP contribution in [0.2, 0.25) is 5.02 Å². The summed E-state index contributed by atoms with van der Waals surface area (Å²) < 4.78 is 16.7. The maximum atomic E-state index is 12.7. The van der Waals surface area contributed by atoms with Gasteiger partial charge in [0.2, 0.25) is 0 Å². The highest BCUT2D eigenvalue weighted by Gasteiger charge is 2.32. The van der Waals surface area contributed by atoms with E-state index in [0.717, 1.165) is 5.56 Å². The molecule has 2 aromatic carbocycles. The van der Waals surface area contributed by atoms with Gasteiger partial charge in [-0.05, 0) is 68.5 Å². The fourth-order valence-corrected chi connectivity index (χ4v) is 4.19. The van der Waals surface area contributed by atoms with E-state index in [4.69, 9.17) is 37.7 Å². The number of esters is 1. The monoisotopic (exact) mass is 552 g/mol. The van der Waals surface area contributed by atoms with Gasteiger partial charge in [-0.15, -0.1) is 0 Å². The molecule has 0 spiro atoms. The summed E-state index contributed by atoms with van der Waals surface area (Å²) in [6, 6.07) is 17.2. The molecule has 0 saturated carbocycles. The van der Waals surface area contributed by atoms with Gasteiger partial charge in [0.1, 0.15) is 17.3 Å². The fourth-order valence-electron chi connectivity index (χ4n) is 3.79. The highest BCUT2D eigenvalue weighted by atomic mass is 35.5. The van der Waals surface area contributed by atoms with Crippen LogP contribution in [0.25, 0.3) is 11.3 Å². The van der Waals surface area contributed by atoms with Crippen molar-refractivity contribution in [3.63, 3.8) is 0 Å². The lowest BCUT2D eigenvalue weighted by molar-refractivity contribution is -0.139. The number of nitrogens with one attached hydrogen (secondary N) is 3. The SMILES string of the molecule is CCOC(=O)C1=C(C)NC(=S)N[C@H]1c1ccccc1OCC(=O)NN=Cc1ccc(-c2ccc(Cl)cc2)o1. The van der Waals surface area contributed by atoms with Crippen molar-refractivity contribution in [1.29, 1.82) is 0 Å². The Morgan fingerprint density at radius 1 is 1.16 bits per heavy atom. The molecule has 1 aliphatic rings. The van der Waals surface area contributed by atoms with E-state index in [1.165, 1.54) is 6.21 Å². The molecule has 0 unspecified atom stereocenters. The van der Waals surface area contributed by atoms with E-state index < -0.39 is 17.9 Å². The summed E-state index contributed by atoms with van der Waals surface area (Å²) in [6.45, 7) is 3.40. The number of furan rings is 1. The molecule has 4 rings (SSSR count). The van der Waals surface area contributed by atoms with Crippen LogP contribution < -0.4 is 20.8 Å². The number of nitrogens with zero attached hydrogens (tertiary/aromatic N) is 1. The molecular weight excluding hydrogens is 528 g/mol. The van der Waals surface area contributed by atoms with E-state index in [2.05, 4.69) is 21.2 Å². The van der Waals surface area contributed by atoms with Crippen LogP contribution in [0.15, 0.2) is 81.5 Å². The topological polar surface area (TPSA) is 114 Å². The molecule has 3 aromatic rings. The summed E-state index contributed by atoms with van der Waals surface area (Å²) in [7, 11) is 0. The van der Waals surface area contributed by atoms with Crippen molar-refractivity contribution in [2.24, 2.45) is 5.10 Å². The van der Waals surface area contributed by atoms with Crippen molar-refractivity contribution in [2.75, 3.05) is 13.2 Å². The zero-order chi connectivity index (χ0) is 27.1. The van der Waals surface area contributed by atoms with Crippen LogP contribution in [0.5, 0.6) is 5.75 Å². The lowest BCUT2D eigenvalue weighted by Crippen LogP contribution is -2.45. The third-order valence-electron chi connectivity index (χ3n) is 5.49. The number of amides is 1. The van der Waals surface area contributed by atoms with E-state index in [1.54, 1.807) is 62.4 Å². The smallest absolute Gasteiger partial charge is 0.338 e. The van der Waals surface area contributed by atoms with Gasteiger partial charge in [0.25, 0.3) is 5.91 Å². The summed E-state index contributed by atoms with van der Waals surface area (Å²) in [4.78, 5) is 25.1. The maximum absolute atomic E-state index is 12.7. The van der Waals surface area contributed by atoms with Crippen LogP contribution in [0.3, 0.4) is 0 Å². The van der Waals surface area contributed by atoms with Crippen molar-refractivity contribution in [3.05, 3.63) is 88.3 Å².